The van der Waals surface area contributed by atoms with Gasteiger partial charge in [0, 0.05) is 26.1 Å². The molecule has 0 bridgehead atoms. The van der Waals surface area contributed by atoms with Crippen LogP contribution in [0.3, 0.4) is 0 Å². The fraction of sp³-hybridized carbons (Fsp3) is 0.714. The van der Waals surface area contributed by atoms with Crippen molar-refractivity contribution in [1.29, 1.82) is 0 Å². The molecule has 2 aliphatic rings. The highest BCUT2D eigenvalue weighted by atomic mass is 16.2. The third-order valence-electron chi connectivity index (χ3n) is 2.09. The molecule has 0 saturated carbocycles. The number of hydrogen-bond donors (Lipinski definition) is 1. The van der Waals surface area contributed by atoms with Crippen molar-refractivity contribution in [3.8, 4) is 0 Å². The quantitative estimate of drug-likeness (QED) is 0.491. The number of nitrogens with zero attached hydrogens (tertiary/aromatic N) is 1. The molecule has 1 unspecified atom stereocenters. The molecule has 1 atom stereocenters. The van der Waals surface area contributed by atoms with E-state index in [2.05, 4.69) is 5.32 Å². The average Bonchev–Trinajstić information content (AvgIpc) is 2.74. The van der Waals surface area contributed by atoms with Gasteiger partial charge in [-0.3, -0.25) is 9.59 Å². The van der Waals surface area contributed by atoms with Gasteiger partial charge >= 0.3 is 0 Å². The molecular weight excluding hydrogens is 144 g/mol. The van der Waals surface area contributed by atoms with Crippen molar-refractivity contribution >= 4 is 11.8 Å². The van der Waals surface area contributed by atoms with Gasteiger partial charge in [0.1, 0.15) is 0 Å². The fourth-order valence-electron chi connectivity index (χ4n) is 1.31. The minimum atomic E-state index is -0.0787. The van der Waals surface area contributed by atoms with Crippen LogP contribution in [-0.2, 0) is 9.59 Å². The van der Waals surface area contributed by atoms with Gasteiger partial charge in [0.05, 0.1) is 5.92 Å². The molecule has 0 aromatic carbocycles. The van der Waals surface area contributed by atoms with Crippen LogP contribution in [0.25, 0.3) is 0 Å². The van der Waals surface area contributed by atoms with Crippen LogP contribution in [0.4, 0.5) is 0 Å². The van der Waals surface area contributed by atoms with Gasteiger partial charge in [0.2, 0.25) is 11.8 Å². The summed E-state index contributed by atoms with van der Waals surface area (Å²) in [5, 5.41) is 2.65. The van der Waals surface area contributed by atoms with Crippen LogP contribution in [0.2, 0.25) is 0 Å². The molecular formula is C7H10N2O2. The Morgan fingerprint density at radius 2 is 2.27 bits per heavy atom. The molecule has 1 N–H and O–H groups in total. The molecule has 2 rings (SSSR count). The number of carbonyl (C=O) groups excluding carboxylic acids is 2. The van der Waals surface area contributed by atoms with Gasteiger partial charge in [-0.05, 0) is 0 Å². The Morgan fingerprint density at radius 3 is 2.73 bits per heavy atom. The molecule has 0 spiro atoms. The van der Waals surface area contributed by atoms with Crippen molar-refractivity contribution < 1.29 is 9.59 Å². The Balaban J connectivity index is 1.94. The molecule has 4 nitrogen and oxygen atoms in total. The largest absolute Gasteiger partial charge is 0.355 e. The summed E-state index contributed by atoms with van der Waals surface area (Å²) in [6.45, 7) is 2.29. The number of amides is 2. The first-order valence-electron chi connectivity index (χ1n) is 3.83. The molecule has 2 amide bonds. The summed E-state index contributed by atoms with van der Waals surface area (Å²) in [5.74, 6) is 0.0681. The van der Waals surface area contributed by atoms with E-state index in [-0.39, 0.29) is 17.7 Å². The Hall–Kier alpha value is -1.06. The van der Waals surface area contributed by atoms with Crippen molar-refractivity contribution in [3.63, 3.8) is 0 Å². The maximum absolute atomic E-state index is 11.3. The zero-order valence-corrected chi connectivity index (χ0v) is 6.17. The van der Waals surface area contributed by atoms with E-state index >= 15 is 0 Å². The van der Waals surface area contributed by atoms with Crippen molar-refractivity contribution in [2.45, 2.75) is 6.42 Å². The van der Waals surface area contributed by atoms with Gasteiger partial charge in [-0.25, -0.2) is 0 Å². The summed E-state index contributed by atoms with van der Waals surface area (Å²) in [7, 11) is 0. The normalized spacial score (nSPS) is 28.5. The van der Waals surface area contributed by atoms with Gasteiger partial charge < -0.3 is 10.2 Å². The lowest BCUT2D eigenvalue weighted by molar-refractivity contribution is -0.130. The predicted octanol–water partition coefficient (Wildman–Crippen LogP) is -1.04. The van der Waals surface area contributed by atoms with Crippen LogP contribution in [0.5, 0.6) is 0 Å². The van der Waals surface area contributed by atoms with Gasteiger partial charge in [0.25, 0.3) is 0 Å². The van der Waals surface area contributed by atoms with Gasteiger partial charge in [-0.15, -0.1) is 0 Å². The third-order valence-corrected chi connectivity index (χ3v) is 2.09. The summed E-state index contributed by atoms with van der Waals surface area (Å²) in [6.07, 6.45) is 0.384. The van der Waals surface area contributed by atoms with E-state index in [1.807, 2.05) is 0 Å². The molecule has 0 radical (unpaired) electrons. The smallest absolute Gasteiger partial charge is 0.228 e. The molecule has 0 aromatic heterocycles. The Labute approximate surface area is 64.5 Å². The molecule has 4 heteroatoms. The lowest BCUT2D eigenvalue weighted by atomic mass is 10.1. The predicted molar refractivity (Wildman–Crippen MR) is 37.7 cm³/mol. The van der Waals surface area contributed by atoms with Gasteiger partial charge in [0.15, 0.2) is 0 Å². The topological polar surface area (TPSA) is 49.2 Å². The highest BCUT2D eigenvalue weighted by molar-refractivity contribution is 5.90. The first kappa shape index (κ1) is 6.64. The Morgan fingerprint density at radius 1 is 1.55 bits per heavy atom. The van der Waals surface area contributed by atoms with Crippen LogP contribution in [-0.4, -0.2) is 36.3 Å². The maximum Gasteiger partial charge on any atom is 0.228 e. The number of hydrogen-bond acceptors (Lipinski definition) is 2. The molecule has 2 heterocycles. The molecule has 0 aromatic rings. The second-order valence-corrected chi connectivity index (χ2v) is 3.03. The standard InChI is InChI=1S/C7H10N2O2/c10-6-3-5(4-8-6)7(11)9-1-2-9/h5H,1-4H2,(H,8,10). The fourth-order valence-corrected chi connectivity index (χ4v) is 1.31. The van der Waals surface area contributed by atoms with E-state index in [9.17, 15) is 9.59 Å². The van der Waals surface area contributed by atoms with E-state index < -0.39 is 0 Å². The highest BCUT2D eigenvalue weighted by Gasteiger charge is 2.35. The number of rotatable bonds is 1. The maximum atomic E-state index is 11.3. The van der Waals surface area contributed by atoms with E-state index in [4.69, 9.17) is 0 Å². The van der Waals surface area contributed by atoms with Crippen LogP contribution < -0.4 is 5.32 Å². The Bertz CT molecular complexity index is 210. The van der Waals surface area contributed by atoms with Crippen molar-refractivity contribution in [1.82, 2.24) is 10.2 Å². The van der Waals surface area contributed by atoms with Crippen molar-refractivity contribution in [3.05, 3.63) is 0 Å². The highest BCUT2D eigenvalue weighted by Crippen LogP contribution is 2.16. The minimum absolute atomic E-state index is 0.00481. The summed E-state index contributed by atoms with van der Waals surface area (Å²) in [6, 6.07) is 0. The minimum Gasteiger partial charge on any atom is -0.355 e. The molecule has 60 valence electrons. The summed E-state index contributed by atoms with van der Waals surface area (Å²) >= 11 is 0. The summed E-state index contributed by atoms with van der Waals surface area (Å²) < 4.78 is 0. The first-order valence-corrected chi connectivity index (χ1v) is 3.83. The molecule has 0 aliphatic carbocycles. The van der Waals surface area contributed by atoms with Crippen LogP contribution in [0, 0.1) is 5.92 Å². The lowest BCUT2D eigenvalue weighted by Gasteiger charge is -2.05. The lowest BCUT2D eigenvalue weighted by Crippen LogP contribution is -2.24. The Kier molecular flexibility index (Phi) is 1.34. The monoisotopic (exact) mass is 154 g/mol. The second-order valence-electron chi connectivity index (χ2n) is 3.03. The zero-order chi connectivity index (χ0) is 7.84. The summed E-state index contributed by atoms with van der Waals surface area (Å²) in [4.78, 5) is 23.8. The number of carbonyl (C=O) groups is 2. The summed E-state index contributed by atoms with van der Waals surface area (Å²) in [5.41, 5.74) is 0. The molecule has 2 fully saturated rings. The van der Waals surface area contributed by atoms with E-state index in [1.165, 1.54) is 0 Å². The van der Waals surface area contributed by atoms with Crippen molar-refractivity contribution in [2.24, 2.45) is 5.92 Å². The van der Waals surface area contributed by atoms with Crippen LogP contribution in [0.15, 0.2) is 0 Å². The van der Waals surface area contributed by atoms with Crippen LogP contribution in [0.1, 0.15) is 6.42 Å². The van der Waals surface area contributed by atoms with E-state index in [0.29, 0.717) is 13.0 Å². The molecule has 2 aliphatic heterocycles. The third kappa shape index (κ3) is 1.20. The van der Waals surface area contributed by atoms with E-state index in [1.54, 1.807) is 4.90 Å². The van der Waals surface area contributed by atoms with Gasteiger partial charge in [-0.1, -0.05) is 0 Å². The van der Waals surface area contributed by atoms with Gasteiger partial charge in [-0.2, -0.15) is 0 Å². The average molecular weight is 154 g/mol. The second kappa shape index (κ2) is 2.22. The van der Waals surface area contributed by atoms with E-state index in [0.717, 1.165) is 13.1 Å². The SMILES string of the molecule is O=C1CC(C(=O)N2CC2)CN1. The zero-order valence-electron chi connectivity index (χ0n) is 6.17. The van der Waals surface area contributed by atoms with Crippen LogP contribution >= 0.6 is 0 Å². The molecule has 11 heavy (non-hydrogen) atoms. The number of nitrogens with one attached hydrogen (secondary N) is 1. The molecule has 2 saturated heterocycles. The van der Waals surface area contributed by atoms with Crippen molar-refractivity contribution in [2.75, 3.05) is 19.6 Å². The first-order chi connectivity index (χ1) is 5.27.